The molecule has 162 valence electrons. The van der Waals surface area contributed by atoms with Gasteiger partial charge in [-0.25, -0.2) is 9.37 Å². The standard InChI is InChI=1S/C23H26FN5O2/c1-15-13-30-10-8-28(15)22-19-6-7-20(17-4-3-5-18(24)12-17)25-21(19)26-23(27-22)29-9-11-31-14-16(29)2/h3-7,12,15-16H,8-11,13-14H2,1-2H3/t15-,16-/m0/s1. The summed E-state index contributed by atoms with van der Waals surface area (Å²) in [5.41, 5.74) is 2.02. The van der Waals surface area contributed by atoms with Crippen LogP contribution in [-0.2, 0) is 9.47 Å². The summed E-state index contributed by atoms with van der Waals surface area (Å²) in [6.45, 7) is 8.34. The molecule has 2 atom stereocenters. The summed E-state index contributed by atoms with van der Waals surface area (Å²) in [5.74, 6) is 1.24. The van der Waals surface area contributed by atoms with Gasteiger partial charge in [-0.05, 0) is 38.1 Å². The highest BCUT2D eigenvalue weighted by atomic mass is 19.1. The maximum Gasteiger partial charge on any atom is 0.229 e. The van der Waals surface area contributed by atoms with E-state index in [1.165, 1.54) is 12.1 Å². The largest absolute Gasteiger partial charge is 0.377 e. The number of morpholine rings is 2. The molecular formula is C23H26FN5O2. The van der Waals surface area contributed by atoms with Crippen molar-refractivity contribution in [2.75, 3.05) is 49.3 Å². The van der Waals surface area contributed by atoms with Gasteiger partial charge in [0.05, 0.1) is 49.6 Å². The second-order valence-electron chi connectivity index (χ2n) is 8.16. The fraction of sp³-hybridized carbons (Fsp3) is 0.435. The minimum absolute atomic E-state index is 0.174. The predicted octanol–water partition coefficient (Wildman–Crippen LogP) is 3.28. The maximum atomic E-state index is 13.8. The second-order valence-corrected chi connectivity index (χ2v) is 8.16. The summed E-state index contributed by atoms with van der Waals surface area (Å²) in [6.07, 6.45) is 0. The van der Waals surface area contributed by atoms with E-state index in [0.717, 1.165) is 29.9 Å². The first-order valence-electron chi connectivity index (χ1n) is 10.7. The summed E-state index contributed by atoms with van der Waals surface area (Å²) in [4.78, 5) is 19.1. The summed E-state index contributed by atoms with van der Waals surface area (Å²) >= 11 is 0. The zero-order chi connectivity index (χ0) is 21.4. The van der Waals surface area contributed by atoms with Crippen LogP contribution in [0.4, 0.5) is 16.2 Å². The van der Waals surface area contributed by atoms with Crippen LogP contribution in [0.25, 0.3) is 22.3 Å². The summed E-state index contributed by atoms with van der Waals surface area (Å²) in [6, 6.07) is 10.7. The molecule has 0 unspecified atom stereocenters. The molecule has 0 spiro atoms. The molecule has 0 saturated carbocycles. The lowest BCUT2D eigenvalue weighted by Crippen LogP contribution is -2.46. The average molecular weight is 423 g/mol. The van der Waals surface area contributed by atoms with Crippen LogP contribution in [0.15, 0.2) is 36.4 Å². The molecule has 0 N–H and O–H groups in total. The van der Waals surface area contributed by atoms with Gasteiger partial charge in [0, 0.05) is 18.7 Å². The van der Waals surface area contributed by atoms with Gasteiger partial charge < -0.3 is 19.3 Å². The van der Waals surface area contributed by atoms with Crippen molar-refractivity contribution in [3.05, 3.63) is 42.2 Å². The molecule has 2 aliphatic rings. The Labute approximate surface area is 180 Å². The quantitative estimate of drug-likeness (QED) is 0.641. The van der Waals surface area contributed by atoms with E-state index >= 15 is 0 Å². The normalized spacial score (nSPS) is 22.2. The first-order valence-corrected chi connectivity index (χ1v) is 10.7. The van der Waals surface area contributed by atoms with E-state index in [2.05, 4.69) is 23.6 Å². The molecule has 0 aliphatic carbocycles. The Bertz CT molecular complexity index is 1090. The van der Waals surface area contributed by atoms with Crippen molar-refractivity contribution < 1.29 is 13.9 Å². The number of halogens is 1. The van der Waals surface area contributed by atoms with Crippen LogP contribution in [0.3, 0.4) is 0 Å². The third kappa shape index (κ3) is 3.93. The lowest BCUT2D eigenvalue weighted by molar-refractivity contribution is 0.0973. The number of fused-ring (bicyclic) bond motifs is 1. The van der Waals surface area contributed by atoms with E-state index < -0.39 is 0 Å². The molecule has 4 heterocycles. The Hall–Kier alpha value is -2.84. The van der Waals surface area contributed by atoms with E-state index in [-0.39, 0.29) is 17.9 Å². The van der Waals surface area contributed by atoms with E-state index in [1.54, 1.807) is 6.07 Å². The molecule has 0 radical (unpaired) electrons. The second kappa shape index (κ2) is 8.36. The molecule has 31 heavy (non-hydrogen) atoms. The fourth-order valence-corrected chi connectivity index (χ4v) is 4.20. The van der Waals surface area contributed by atoms with Gasteiger partial charge in [-0.2, -0.15) is 9.97 Å². The third-order valence-corrected chi connectivity index (χ3v) is 5.91. The van der Waals surface area contributed by atoms with Crippen molar-refractivity contribution in [3.8, 4) is 11.3 Å². The summed E-state index contributed by atoms with van der Waals surface area (Å²) in [5, 5.41) is 0.888. The minimum atomic E-state index is -0.284. The van der Waals surface area contributed by atoms with Gasteiger partial charge in [0.2, 0.25) is 5.95 Å². The van der Waals surface area contributed by atoms with E-state index in [4.69, 9.17) is 24.4 Å². The van der Waals surface area contributed by atoms with Crippen molar-refractivity contribution in [2.45, 2.75) is 25.9 Å². The van der Waals surface area contributed by atoms with E-state index in [9.17, 15) is 4.39 Å². The van der Waals surface area contributed by atoms with Gasteiger partial charge in [-0.15, -0.1) is 0 Å². The Kier molecular flexibility index (Phi) is 5.41. The number of anilines is 2. The molecule has 0 amide bonds. The molecule has 2 aromatic heterocycles. The van der Waals surface area contributed by atoms with Crippen LogP contribution in [-0.4, -0.2) is 66.6 Å². The zero-order valence-corrected chi connectivity index (χ0v) is 17.8. The fourth-order valence-electron chi connectivity index (χ4n) is 4.20. The van der Waals surface area contributed by atoms with E-state index in [1.807, 2.05) is 18.2 Å². The lowest BCUT2D eigenvalue weighted by atomic mass is 10.1. The van der Waals surface area contributed by atoms with Gasteiger partial charge in [0.15, 0.2) is 5.65 Å². The van der Waals surface area contributed by atoms with Crippen molar-refractivity contribution in [1.82, 2.24) is 15.0 Å². The Morgan fingerprint density at radius 3 is 2.35 bits per heavy atom. The molecule has 0 bridgehead atoms. The lowest BCUT2D eigenvalue weighted by Gasteiger charge is -2.37. The SMILES string of the molecule is C[C@H]1COCCN1c1nc(N2CCOC[C@@H]2C)c2ccc(-c3cccc(F)c3)nc2n1. The van der Waals surface area contributed by atoms with Crippen LogP contribution in [0.2, 0.25) is 0 Å². The number of rotatable bonds is 3. The van der Waals surface area contributed by atoms with Crippen molar-refractivity contribution in [1.29, 1.82) is 0 Å². The number of hydrogen-bond donors (Lipinski definition) is 0. The van der Waals surface area contributed by atoms with Crippen LogP contribution in [0, 0.1) is 5.82 Å². The average Bonchev–Trinajstić information content (AvgIpc) is 2.79. The highest BCUT2D eigenvalue weighted by Gasteiger charge is 2.27. The maximum absolute atomic E-state index is 13.8. The number of hydrogen-bond acceptors (Lipinski definition) is 7. The molecule has 7 nitrogen and oxygen atoms in total. The summed E-state index contributed by atoms with van der Waals surface area (Å²) in [7, 11) is 0. The topological polar surface area (TPSA) is 63.6 Å². The van der Waals surface area contributed by atoms with Crippen LogP contribution in [0.1, 0.15) is 13.8 Å². The molecule has 5 rings (SSSR count). The molecule has 2 aliphatic heterocycles. The van der Waals surface area contributed by atoms with Crippen LogP contribution < -0.4 is 9.80 Å². The molecule has 1 aromatic carbocycles. The van der Waals surface area contributed by atoms with Gasteiger partial charge in [0.1, 0.15) is 11.6 Å². The van der Waals surface area contributed by atoms with Crippen LogP contribution >= 0.6 is 0 Å². The summed E-state index contributed by atoms with van der Waals surface area (Å²) < 4.78 is 25.0. The van der Waals surface area contributed by atoms with Gasteiger partial charge in [-0.1, -0.05) is 12.1 Å². The molecule has 2 fully saturated rings. The van der Waals surface area contributed by atoms with Gasteiger partial charge in [-0.3, -0.25) is 0 Å². The Morgan fingerprint density at radius 1 is 0.903 bits per heavy atom. The van der Waals surface area contributed by atoms with Crippen LogP contribution in [0.5, 0.6) is 0 Å². The Balaban J connectivity index is 1.66. The van der Waals surface area contributed by atoms with Crippen molar-refractivity contribution in [3.63, 3.8) is 0 Å². The van der Waals surface area contributed by atoms with Crippen molar-refractivity contribution >= 4 is 22.8 Å². The first-order chi connectivity index (χ1) is 15.1. The number of pyridine rings is 1. The predicted molar refractivity (Wildman–Crippen MR) is 118 cm³/mol. The number of aromatic nitrogens is 3. The molecular weight excluding hydrogens is 397 g/mol. The van der Waals surface area contributed by atoms with Gasteiger partial charge in [0.25, 0.3) is 0 Å². The van der Waals surface area contributed by atoms with E-state index in [0.29, 0.717) is 43.7 Å². The minimum Gasteiger partial charge on any atom is -0.377 e. The van der Waals surface area contributed by atoms with Crippen molar-refractivity contribution in [2.24, 2.45) is 0 Å². The monoisotopic (exact) mass is 423 g/mol. The van der Waals surface area contributed by atoms with Gasteiger partial charge >= 0.3 is 0 Å². The molecule has 3 aromatic rings. The molecule has 2 saturated heterocycles. The zero-order valence-electron chi connectivity index (χ0n) is 17.8. The highest BCUT2D eigenvalue weighted by molar-refractivity contribution is 5.90. The molecule has 8 heteroatoms. The number of benzene rings is 1. The number of nitrogens with zero attached hydrogens (tertiary/aromatic N) is 5. The highest BCUT2D eigenvalue weighted by Crippen LogP contribution is 2.31. The smallest absolute Gasteiger partial charge is 0.229 e. The first kappa shape index (κ1) is 20.1. The number of ether oxygens (including phenoxy) is 2. The third-order valence-electron chi connectivity index (χ3n) is 5.91. The Morgan fingerprint density at radius 2 is 1.65 bits per heavy atom.